The number of esters is 1. The number of rotatable bonds is 16. The molecule has 0 saturated heterocycles. The predicted molar refractivity (Wildman–Crippen MR) is 222 cm³/mol. The van der Waals surface area contributed by atoms with Gasteiger partial charge in [-0.15, -0.1) is 21.5 Å². The highest BCUT2D eigenvalue weighted by Gasteiger charge is 2.24. The summed E-state index contributed by atoms with van der Waals surface area (Å²) in [6.07, 6.45) is 0.467. The van der Waals surface area contributed by atoms with Crippen LogP contribution >= 0.6 is 22.7 Å². The van der Waals surface area contributed by atoms with Crippen LogP contribution in [-0.4, -0.2) is 86.2 Å². The molecule has 0 spiro atoms. The van der Waals surface area contributed by atoms with Crippen LogP contribution in [0.1, 0.15) is 40.3 Å². The minimum Gasteiger partial charge on any atom is -0.490 e. The Morgan fingerprint density at radius 1 is 1.09 bits per heavy atom. The average molecular weight is 804 g/mol. The fraction of sp³-hybridized carbons (Fsp3) is 0.425. The quantitative estimate of drug-likeness (QED) is 0.0424. The Hall–Kier alpha value is -4.46. The summed E-state index contributed by atoms with van der Waals surface area (Å²) in [6.45, 7) is 14.8. The summed E-state index contributed by atoms with van der Waals surface area (Å²) in [5, 5.41) is 9.59. The topological polar surface area (TPSA) is 107 Å². The van der Waals surface area contributed by atoms with E-state index in [2.05, 4.69) is 58.4 Å². The number of aryl methyl sites for hydroxylation is 1. The highest BCUT2D eigenvalue weighted by molar-refractivity contribution is 7.16. The van der Waals surface area contributed by atoms with Crippen LogP contribution in [0.15, 0.2) is 53.5 Å². The number of halogens is 1. The number of fused-ring (bicyclic) bond motifs is 1. The minimum atomic E-state index is -1.22. The van der Waals surface area contributed by atoms with Crippen molar-refractivity contribution in [3.8, 4) is 17.6 Å². The van der Waals surface area contributed by atoms with Gasteiger partial charge in [0.15, 0.2) is 38.8 Å². The second-order valence-electron chi connectivity index (χ2n) is 14.8. The first-order valence-corrected chi connectivity index (χ1v) is 23.6. The number of para-hydroxylation sites is 1. The van der Waals surface area contributed by atoms with Crippen molar-refractivity contribution in [2.45, 2.75) is 59.6 Å². The van der Waals surface area contributed by atoms with Gasteiger partial charge in [0, 0.05) is 32.2 Å². The number of ether oxygens (including phenoxy) is 3. The average Bonchev–Trinajstić information content (AvgIpc) is 3.71. The summed E-state index contributed by atoms with van der Waals surface area (Å²) in [4.78, 5) is 27.9. The molecule has 2 aromatic carbocycles. The van der Waals surface area contributed by atoms with Gasteiger partial charge in [-0.1, -0.05) is 61.9 Å². The number of hydrogen-bond acceptors (Lipinski definition) is 12. The van der Waals surface area contributed by atoms with Crippen molar-refractivity contribution >= 4 is 63.7 Å². The summed E-state index contributed by atoms with van der Waals surface area (Å²) in [5.41, 5.74) is 2.71. The highest BCUT2D eigenvalue weighted by atomic mass is 32.1. The number of hydrogen-bond donors (Lipinski definition) is 0. The molecule has 0 N–H and O–H groups in total. The van der Waals surface area contributed by atoms with Crippen molar-refractivity contribution in [2.75, 3.05) is 52.4 Å². The summed E-state index contributed by atoms with van der Waals surface area (Å²) in [7, 11) is 4.46. The summed E-state index contributed by atoms with van der Waals surface area (Å²) < 4.78 is 35.4. The van der Waals surface area contributed by atoms with Gasteiger partial charge in [-0.3, -0.25) is 9.47 Å². The van der Waals surface area contributed by atoms with Crippen molar-refractivity contribution in [2.24, 2.45) is 10.9 Å². The van der Waals surface area contributed by atoms with Gasteiger partial charge in [0.1, 0.15) is 6.73 Å². The molecule has 3 aromatic heterocycles. The lowest BCUT2D eigenvalue weighted by atomic mass is 10.1. The molecule has 0 fully saturated rings. The van der Waals surface area contributed by atoms with Crippen LogP contribution in [-0.2, 0) is 22.6 Å². The molecule has 0 bridgehead atoms. The van der Waals surface area contributed by atoms with Crippen molar-refractivity contribution in [1.82, 2.24) is 24.6 Å². The Balaban J connectivity index is 1.32. The van der Waals surface area contributed by atoms with Crippen LogP contribution in [0.25, 0.3) is 10.2 Å². The molecule has 0 radical (unpaired) electrons. The molecule has 0 amide bonds. The standard InChI is InChI=1S/C40H50FN7O4S2Si/c1-10-51-38(49)36-34(22-27(2)25-52-32-18-17-29(24-30(32)41)14-13-19-46(4)5)54-39(42-36)47(6)35-23-28(3)37(45-44-35)43-40-48(26-50-20-21-55(7,8)9)31-15-11-12-16-33(31)53-40/h11-12,15-18,23-24,27H,10,19-22,25-26H2,1-9H3/b43-40-/t27-/m0/s1. The molecular weight excluding hydrogens is 754 g/mol. The third kappa shape index (κ3) is 11.5. The van der Waals surface area contributed by atoms with Crippen molar-refractivity contribution < 1.29 is 23.4 Å². The van der Waals surface area contributed by atoms with Crippen molar-refractivity contribution in [3.05, 3.63) is 80.8 Å². The second-order valence-corrected chi connectivity index (χ2v) is 22.5. The van der Waals surface area contributed by atoms with E-state index < -0.39 is 19.9 Å². The van der Waals surface area contributed by atoms with Gasteiger partial charge in [0.25, 0.3) is 0 Å². The Morgan fingerprint density at radius 2 is 1.87 bits per heavy atom. The van der Waals surface area contributed by atoms with Gasteiger partial charge in [-0.25, -0.2) is 14.2 Å². The lowest BCUT2D eigenvalue weighted by Gasteiger charge is -2.16. The zero-order valence-electron chi connectivity index (χ0n) is 33.1. The molecule has 3 heterocycles. The van der Waals surface area contributed by atoms with Gasteiger partial charge >= 0.3 is 5.97 Å². The normalized spacial score (nSPS) is 12.5. The fourth-order valence-electron chi connectivity index (χ4n) is 5.28. The van der Waals surface area contributed by atoms with Crippen LogP contribution in [0.4, 0.5) is 21.2 Å². The summed E-state index contributed by atoms with van der Waals surface area (Å²) in [5.74, 6) is 6.13. The smallest absolute Gasteiger partial charge is 0.358 e. The largest absolute Gasteiger partial charge is 0.490 e. The van der Waals surface area contributed by atoms with Crippen LogP contribution in [0.2, 0.25) is 25.7 Å². The molecule has 5 rings (SSSR count). The number of anilines is 2. The molecule has 0 aliphatic heterocycles. The molecular formula is C40H50FN7O4S2Si. The zero-order valence-corrected chi connectivity index (χ0v) is 35.7. The van der Waals surface area contributed by atoms with Gasteiger partial charge < -0.3 is 19.1 Å². The van der Waals surface area contributed by atoms with E-state index in [4.69, 9.17) is 24.2 Å². The zero-order chi connectivity index (χ0) is 39.7. The van der Waals surface area contributed by atoms with Gasteiger partial charge in [-0.2, -0.15) is 4.99 Å². The molecule has 5 aromatic rings. The maximum atomic E-state index is 14.8. The lowest BCUT2D eigenvalue weighted by Crippen LogP contribution is -2.23. The lowest BCUT2D eigenvalue weighted by molar-refractivity contribution is 0.0519. The molecule has 55 heavy (non-hydrogen) atoms. The Bertz CT molecular complexity index is 2240. The number of benzene rings is 2. The van der Waals surface area contributed by atoms with E-state index in [0.717, 1.165) is 31.5 Å². The molecule has 0 aliphatic rings. The van der Waals surface area contributed by atoms with Crippen LogP contribution in [0, 0.1) is 30.5 Å². The van der Waals surface area contributed by atoms with Gasteiger partial charge in [0.05, 0.1) is 30.0 Å². The maximum absolute atomic E-state index is 14.8. The third-order valence-electron chi connectivity index (χ3n) is 8.35. The summed E-state index contributed by atoms with van der Waals surface area (Å²) in [6, 6.07) is 15.9. The molecule has 0 saturated carbocycles. The predicted octanol–water partition coefficient (Wildman–Crippen LogP) is 8.06. The molecule has 0 aliphatic carbocycles. The van der Waals surface area contributed by atoms with Gasteiger partial charge in [-0.05, 0) is 88.3 Å². The van der Waals surface area contributed by atoms with Crippen LogP contribution in [0.3, 0.4) is 0 Å². The third-order valence-corrected chi connectivity index (χ3v) is 12.3. The molecule has 15 heteroatoms. The minimum absolute atomic E-state index is 0.0731. The first-order valence-electron chi connectivity index (χ1n) is 18.2. The van der Waals surface area contributed by atoms with Crippen molar-refractivity contribution in [3.63, 3.8) is 0 Å². The first kappa shape index (κ1) is 41.7. The molecule has 1 atom stereocenters. The van der Waals surface area contributed by atoms with E-state index in [-0.39, 0.29) is 30.6 Å². The number of carbonyl (C=O) groups excluding carboxylic acids is 1. The SMILES string of the molecule is CCOC(=O)c1nc(N(C)c2cc(C)c(/N=c3\sc4ccccc4n3COCC[Si](C)(C)C)nn2)sc1C[C@H](C)COc1ccc(C#CCN(C)C)cc1F. The Kier molecular flexibility index (Phi) is 14.3. The Labute approximate surface area is 331 Å². The highest BCUT2D eigenvalue weighted by Crippen LogP contribution is 2.33. The van der Waals surface area contributed by atoms with E-state index >= 15 is 0 Å². The van der Waals surface area contributed by atoms with Crippen LogP contribution in [0.5, 0.6) is 5.75 Å². The molecule has 292 valence electrons. The van der Waals surface area contributed by atoms with E-state index in [1.165, 1.54) is 17.4 Å². The van der Waals surface area contributed by atoms with Gasteiger partial charge in [0.2, 0.25) is 0 Å². The fourth-order valence-corrected chi connectivity index (χ4v) is 8.23. The van der Waals surface area contributed by atoms with Crippen LogP contribution < -0.4 is 14.4 Å². The monoisotopic (exact) mass is 803 g/mol. The number of nitrogens with zero attached hydrogens (tertiary/aromatic N) is 7. The Morgan fingerprint density at radius 3 is 2.58 bits per heavy atom. The number of aromatic nitrogens is 4. The number of thiazole rings is 2. The van der Waals surface area contributed by atoms with E-state index in [1.54, 1.807) is 35.3 Å². The molecule has 0 unspecified atom stereocenters. The second kappa shape index (κ2) is 18.9. The van der Waals surface area contributed by atoms with E-state index in [0.29, 0.717) is 48.6 Å². The first-order chi connectivity index (χ1) is 26.2. The number of carbonyl (C=O) groups is 1. The summed E-state index contributed by atoms with van der Waals surface area (Å²) >= 11 is 2.95. The maximum Gasteiger partial charge on any atom is 0.358 e. The van der Waals surface area contributed by atoms with E-state index in [1.807, 2.05) is 58.1 Å². The van der Waals surface area contributed by atoms with E-state index in [9.17, 15) is 9.18 Å². The van der Waals surface area contributed by atoms with Crippen molar-refractivity contribution in [1.29, 1.82) is 0 Å². The molecule has 11 nitrogen and oxygen atoms in total.